The van der Waals surface area contributed by atoms with Gasteiger partial charge in [0.1, 0.15) is 0 Å². The van der Waals surface area contributed by atoms with Crippen molar-refractivity contribution in [3.05, 3.63) is 24.0 Å². The van der Waals surface area contributed by atoms with Crippen molar-refractivity contribution in [2.45, 2.75) is 25.9 Å². The molecular weight excluding hydrogens is 176 g/mol. The summed E-state index contributed by atoms with van der Waals surface area (Å²) < 4.78 is 0. The molecule has 0 radical (unpaired) electrons. The predicted molar refractivity (Wildman–Crippen MR) is 56.4 cm³/mol. The maximum absolute atomic E-state index is 9.53. The van der Waals surface area contributed by atoms with Crippen LogP contribution in [0, 0.1) is 6.92 Å². The number of hydrogen-bond donors (Lipinski definition) is 1. The third-order valence-electron chi connectivity index (χ3n) is 2.66. The van der Waals surface area contributed by atoms with Crippen LogP contribution in [-0.4, -0.2) is 29.3 Å². The number of rotatable bonds is 1. The maximum atomic E-state index is 9.53. The number of aliphatic hydroxyl groups is 1. The fourth-order valence-electron chi connectivity index (χ4n) is 1.84. The fraction of sp³-hybridized carbons (Fsp3) is 0.545. The summed E-state index contributed by atoms with van der Waals surface area (Å²) in [5.41, 5.74) is 2.15. The predicted octanol–water partition coefficient (Wildman–Crippen LogP) is 1.35. The first-order valence-corrected chi connectivity index (χ1v) is 5.11. The van der Waals surface area contributed by atoms with Crippen molar-refractivity contribution in [3.63, 3.8) is 0 Å². The second-order valence-corrected chi connectivity index (χ2v) is 3.90. The monoisotopic (exact) mass is 192 g/mol. The van der Waals surface area contributed by atoms with Crippen molar-refractivity contribution in [1.82, 2.24) is 4.98 Å². The Hall–Kier alpha value is -1.09. The number of aryl methyl sites for hydroxylation is 1. The molecule has 3 heteroatoms. The lowest BCUT2D eigenvalue weighted by molar-refractivity contribution is 0.154. The van der Waals surface area contributed by atoms with Crippen molar-refractivity contribution in [3.8, 4) is 0 Å². The van der Waals surface area contributed by atoms with E-state index in [0.717, 1.165) is 37.3 Å². The second kappa shape index (κ2) is 3.96. The second-order valence-electron chi connectivity index (χ2n) is 3.90. The lowest BCUT2D eigenvalue weighted by Gasteiger charge is -2.31. The van der Waals surface area contributed by atoms with Crippen molar-refractivity contribution in [2.24, 2.45) is 0 Å². The summed E-state index contributed by atoms with van der Waals surface area (Å²) in [5.74, 6) is 0. The highest BCUT2D eigenvalue weighted by atomic mass is 16.3. The highest BCUT2D eigenvalue weighted by molar-refractivity contribution is 5.44. The third kappa shape index (κ3) is 2.04. The van der Waals surface area contributed by atoms with Gasteiger partial charge in [-0.25, -0.2) is 0 Å². The summed E-state index contributed by atoms with van der Waals surface area (Å²) in [6.45, 7) is 3.75. The molecule has 0 spiro atoms. The Kier molecular flexibility index (Phi) is 2.68. The van der Waals surface area contributed by atoms with E-state index in [2.05, 4.69) is 16.0 Å². The van der Waals surface area contributed by atoms with Crippen LogP contribution in [0.2, 0.25) is 0 Å². The van der Waals surface area contributed by atoms with E-state index >= 15 is 0 Å². The van der Waals surface area contributed by atoms with Crippen LogP contribution in [0.15, 0.2) is 18.3 Å². The Morgan fingerprint density at radius 3 is 3.00 bits per heavy atom. The van der Waals surface area contributed by atoms with E-state index in [0.29, 0.717) is 0 Å². The van der Waals surface area contributed by atoms with Crippen LogP contribution in [0.1, 0.15) is 18.5 Å². The summed E-state index contributed by atoms with van der Waals surface area (Å²) in [6.07, 6.45) is 3.70. The fourth-order valence-corrected chi connectivity index (χ4v) is 1.84. The summed E-state index contributed by atoms with van der Waals surface area (Å²) in [4.78, 5) is 6.45. The van der Waals surface area contributed by atoms with Crippen LogP contribution >= 0.6 is 0 Å². The van der Waals surface area contributed by atoms with E-state index in [1.165, 1.54) is 0 Å². The van der Waals surface area contributed by atoms with Gasteiger partial charge in [0, 0.05) is 18.8 Å². The van der Waals surface area contributed by atoms with Gasteiger partial charge < -0.3 is 10.0 Å². The quantitative estimate of drug-likeness (QED) is 0.729. The van der Waals surface area contributed by atoms with Crippen LogP contribution in [-0.2, 0) is 0 Å². The van der Waals surface area contributed by atoms with Gasteiger partial charge in [-0.1, -0.05) is 0 Å². The summed E-state index contributed by atoms with van der Waals surface area (Å²) in [7, 11) is 0. The first-order valence-electron chi connectivity index (χ1n) is 5.11. The molecule has 1 N–H and O–H groups in total. The summed E-state index contributed by atoms with van der Waals surface area (Å²) in [5, 5.41) is 9.53. The molecule has 76 valence electrons. The molecule has 1 atom stereocenters. The standard InChI is InChI=1S/C11H16N2O/c1-9-4-5-10(7-12-9)13-6-2-3-11(14)8-13/h4-5,7,11,14H,2-3,6,8H2,1H3/t11-/m1/s1. The molecular formula is C11H16N2O. The number of hydrogen-bond acceptors (Lipinski definition) is 3. The Morgan fingerprint density at radius 2 is 2.36 bits per heavy atom. The summed E-state index contributed by atoms with van der Waals surface area (Å²) in [6, 6.07) is 4.08. The van der Waals surface area contributed by atoms with Gasteiger partial charge in [-0.05, 0) is 31.9 Å². The van der Waals surface area contributed by atoms with Gasteiger partial charge in [0.05, 0.1) is 18.0 Å². The van der Waals surface area contributed by atoms with Crippen molar-refractivity contribution < 1.29 is 5.11 Å². The van der Waals surface area contributed by atoms with Crippen molar-refractivity contribution in [2.75, 3.05) is 18.0 Å². The molecule has 1 saturated heterocycles. The van der Waals surface area contributed by atoms with Gasteiger partial charge in [0.25, 0.3) is 0 Å². The first-order chi connectivity index (χ1) is 6.75. The van der Waals surface area contributed by atoms with Crippen LogP contribution in [0.5, 0.6) is 0 Å². The molecule has 2 rings (SSSR count). The highest BCUT2D eigenvalue weighted by Crippen LogP contribution is 2.18. The molecule has 1 aromatic rings. The Bertz CT molecular complexity index is 297. The van der Waals surface area contributed by atoms with E-state index < -0.39 is 0 Å². The number of pyridine rings is 1. The van der Waals surface area contributed by atoms with Gasteiger partial charge in [0.2, 0.25) is 0 Å². The molecule has 0 unspecified atom stereocenters. The number of aromatic nitrogens is 1. The van der Waals surface area contributed by atoms with E-state index in [-0.39, 0.29) is 6.10 Å². The lowest BCUT2D eigenvalue weighted by atomic mass is 10.1. The maximum Gasteiger partial charge on any atom is 0.0715 e. The first kappa shape index (κ1) is 9.46. The molecule has 1 aliphatic rings. The molecule has 2 heterocycles. The minimum atomic E-state index is -0.176. The van der Waals surface area contributed by atoms with Gasteiger partial charge in [0.15, 0.2) is 0 Å². The number of anilines is 1. The molecule has 0 bridgehead atoms. The van der Waals surface area contributed by atoms with Crippen LogP contribution < -0.4 is 4.90 Å². The SMILES string of the molecule is Cc1ccc(N2CCC[C@@H](O)C2)cn1. The Labute approximate surface area is 84.4 Å². The van der Waals surface area contributed by atoms with E-state index in [9.17, 15) is 5.11 Å². The van der Waals surface area contributed by atoms with Gasteiger partial charge >= 0.3 is 0 Å². The third-order valence-corrected chi connectivity index (χ3v) is 2.66. The van der Waals surface area contributed by atoms with Crippen LogP contribution in [0.4, 0.5) is 5.69 Å². The van der Waals surface area contributed by atoms with Crippen molar-refractivity contribution in [1.29, 1.82) is 0 Å². The number of nitrogens with zero attached hydrogens (tertiary/aromatic N) is 2. The minimum Gasteiger partial charge on any atom is -0.391 e. The molecule has 0 aliphatic carbocycles. The van der Waals surface area contributed by atoms with E-state index in [1.807, 2.05) is 19.2 Å². The Morgan fingerprint density at radius 1 is 1.50 bits per heavy atom. The van der Waals surface area contributed by atoms with E-state index in [4.69, 9.17) is 0 Å². The lowest BCUT2D eigenvalue weighted by Crippen LogP contribution is -2.38. The van der Waals surface area contributed by atoms with Gasteiger partial charge in [-0.2, -0.15) is 0 Å². The number of piperidine rings is 1. The molecule has 1 aliphatic heterocycles. The topological polar surface area (TPSA) is 36.4 Å². The molecule has 1 aromatic heterocycles. The molecule has 0 saturated carbocycles. The molecule has 0 amide bonds. The average molecular weight is 192 g/mol. The molecule has 3 nitrogen and oxygen atoms in total. The van der Waals surface area contributed by atoms with Gasteiger partial charge in [-0.15, -0.1) is 0 Å². The van der Waals surface area contributed by atoms with Crippen LogP contribution in [0.3, 0.4) is 0 Å². The number of aliphatic hydroxyl groups excluding tert-OH is 1. The number of β-amino-alcohol motifs (C(OH)–C–C–N with tert-alkyl or cyclic N) is 1. The zero-order chi connectivity index (χ0) is 9.97. The molecule has 0 aromatic carbocycles. The largest absolute Gasteiger partial charge is 0.391 e. The van der Waals surface area contributed by atoms with E-state index in [1.54, 1.807) is 0 Å². The zero-order valence-corrected chi connectivity index (χ0v) is 8.48. The minimum absolute atomic E-state index is 0.176. The zero-order valence-electron chi connectivity index (χ0n) is 8.48. The highest BCUT2D eigenvalue weighted by Gasteiger charge is 2.17. The van der Waals surface area contributed by atoms with Crippen LogP contribution in [0.25, 0.3) is 0 Å². The van der Waals surface area contributed by atoms with Crippen molar-refractivity contribution >= 4 is 5.69 Å². The average Bonchev–Trinajstić information content (AvgIpc) is 2.19. The molecule has 14 heavy (non-hydrogen) atoms. The summed E-state index contributed by atoms with van der Waals surface area (Å²) >= 11 is 0. The normalized spacial score (nSPS) is 22.4. The smallest absolute Gasteiger partial charge is 0.0715 e. The Balaban J connectivity index is 2.10. The van der Waals surface area contributed by atoms with Gasteiger partial charge in [-0.3, -0.25) is 4.98 Å². The molecule has 1 fully saturated rings.